The molecule has 1 aliphatic heterocycles. The molecular weight excluding hydrogens is 170 g/mol. The number of nitrogens with zero attached hydrogens (tertiary/aromatic N) is 1. The molecule has 0 unspecified atom stereocenters. The summed E-state index contributed by atoms with van der Waals surface area (Å²) in [6.45, 7) is 5.67. The Morgan fingerprint density at radius 1 is 1.36 bits per heavy atom. The van der Waals surface area contributed by atoms with Crippen molar-refractivity contribution >= 4 is 0 Å². The Labute approximate surface area is 88.5 Å². The van der Waals surface area contributed by atoms with Gasteiger partial charge in [-0.1, -0.05) is 31.9 Å². The molecule has 1 aliphatic rings. The predicted molar refractivity (Wildman–Crippen MR) is 63.2 cm³/mol. The van der Waals surface area contributed by atoms with Crippen LogP contribution in [0.1, 0.15) is 46.0 Å². The summed E-state index contributed by atoms with van der Waals surface area (Å²) in [5, 5.41) is 0. The van der Waals surface area contributed by atoms with Gasteiger partial charge in [0.05, 0.1) is 0 Å². The molecule has 0 fully saturated rings. The third kappa shape index (κ3) is 3.21. The zero-order chi connectivity index (χ0) is 10.4. The van der Waals surface area contributed by atoms with Gasteiger partial charge in [0.15, 0.2) is 0 Å². The highest BCUT2D eigenvalue weighted by molar-refractivity contribution is 5.27. The monoisotopic (exact) mass is 193 g/mol. The molecule has 1 nitrogen and oxygen atoms in total. The number of allylic oxidation sites excluding steroid dienone is 3. The molecule has 0 aromatic carbocycles. The summed E-state index contributed by atoms with van der Waals surface area (Å²) in [6.07, 6.45) is 11.2. The molecule has 0 atom stereocenters. The highest BCUT2D eigenvalue weighted by atomic mass is 15.1. The van der Waals surface area contributed by atoms with Crippen LogP contribution in [0.5, 0.6) is 0 Å². The van der Waals surface area contributed by atoms with Crippen LogP contribution in [0.25, 0.3) is 0 Å². The molecule has 1 rings (SSSR count). The molecule has 0 saturated carbocycles. The SMILES string of the molecule is CCCCC/C=C\C1=C(C)N(C)CC1. The molecule has 0 aromatic heterocycles. The molecule has 0 aliphatic carbocycles. The van der Waals surface area contributed by atoms with Crippen molar-refractivity contribution in [2.75, 3.05) is 13.6 Å². The summed E-state index contributed by atoms with van der Waals surface area (Å²) < 4.78 is 0. The maximum absolute atomic E-state index is 2.34. The molecule has 0 aromatic rings. The van der Waals surface area contributed by atoms with Crippen LogP contribution in [-0.2, 0) is 0 Å². The highest BCUT2D eigenvalue weighted by Crippen LogP contribution is 2.21. The molecule has 14 heavy (non-hydrogen) atoms. The van der Waals surface area contributed by atoms with E-state index < -0.39 is 0 Å². The van der Waals surface area contributed by atoms with Crippen LogP contribution < -0.4 is 0 Å². The highest BCUT2D eigenvalue weighted by Gasteiger charge is 2.12. The third-order valence-electron chi connectivity index (χ3n) is 3.05. The molecular formula is C13H23N. The summed E-state index contributed by atoms with van der Waals surface area (Å²) in [7, 11) is 2.17. The first kappa shape index (κ1) is 11.4. The average molecular weight is 193 g/mol. The van der Waals surface area contributed by atoms with Crippen molar-refractivity contribution in [3.63, 3.8) is 0 Å². The van der Waals surface area contributed by atoms with Crippen LogP contribution in [-0.4, -0.2) is 18.5 Å². The molecule has 0 N–H and O–H groups in total. The maximum Gasteiger partial charge on any atom is 0.0212 e. The summed E-state index contributed by atoms with van der Waals surface area (Å²) in [5.74, 6) is 0. The van der Waals surface area contributed by atoms with E-state index >= 15 is 0 Å². The van der Waals surface area contributed by atoms with Crippen LogP contribution in [0.15, 0.2) is 23.4 Å². The molecule has 80 valence electrons. The van der Waals surface area contributed by atoms with Gasteiger partial charge in [0.1, 0.15) is 0 Å². The lowest BCUT2D eigenvalue weighted by Crippen LogP contribution is -2.10. The second-order valence-corrected chi connectivity index (χ2v) is 4.18. The Morgan fingerprint density at radius 3 is 2.71 bits per heavy atom. The van der Waals surface area contributed by atoms with Crippen molar-refractivity contribution in [3.8, 4) is 0 Å². The smallest absolute Gasteiger partial charge is 0.0212 e. The third-order valence-corrected chi connectivity index (χ3v) is 3.05. The Balaban J connectivity index is 2.30. The van der Waals surface area contributed by atoms with Gasteiger partial charge < -0.3 is 4.90 Å². The molecule has 0 spiro atoms. The van der Waals surface area contributed by atoms with Crippen molar-refractivity contribution in [1.82, 2.24) is 4.90 Å². The molecule has 0 radical (unpaired) electrons. The van der Waals surface area contributed by atoms with Gasteiger partial charge in [-0.15, -0.1) is 0 Å². The number of unbranched alkanes of at least 4 members (excludes halogenated alkanes) is 3. The predicted octanol–water partition coefficient (Wildman–Crippen LogP) is 3.73. The van der Waals surface area contributed by atoms with E-state index in [1.165, 1.54) is 49.9 Å². The first-order valence-corrected chi connectivity index (χ1v) is 5.83. The van der Waals surface area contributed by atoms with E-state index in [2.05, 4.69) is 37.9 Å². The van der Waals surface area contributed by atoms with Gasteiger partial charge in [0.2, 0.25) is 0 Å². The zero-order valence-corrected chi connectivity index (χ0v) is 9.84. The fraction of sp³-hybridized carbons (Fsp3) is 0.692. The Kier molecular flexibility index (Phi) is 4.78. The topological polar surface area (TPSA) is 3.24 Å². The molecule has 1 heterocycles. The quantitative estimate of drug-likeness (QED) is 0.601. The second kappa shape index (κ2) is 5.90. The zero-order valence-electron chi connectivity index (χ0n) is 9.84. The van der Waals surface area contributed by atoms with E-state index in [1.54, 1.807) is 0 Å². The molecule has 0 bridgehead atoms. The summed E-state index contributed by atoms with van der Waals surface area (Å²) in [4.78, 5) is 2.34. The van der Waals surface area contributed by atoms with Gasteiger partial charge in [-0.2, -0.15) is 0 Å². The fourth-order valence-corrected chi connectivity index (χ4v) is 1.82. The van der Waals surface area contributed by atoms with Crippen molar-refractivity contribution in [2.24, 2.45) is 0 Å². The van der Waals surface area contributed by atoms with Crippen LogP contribution in [0.4, 0.5) is 0 Å². The van der Waals surface area contributed by atoms with Gasteiger partial charge in [-0.25, -0.2) is 0 Å². The van der Waals surface area contributed by atoms with Crippen LogP contribution in [0.3, 0.4) is 0 Å². The molecule has 0 saturated heterocycles. The number of rotatable bonds is 5. The Hall–Kier alpha value is -0.720. The van der Waals surface area contributed by atoms with Gasteiger partial charge in [-0.3, -0.25) is 0 Å². The summed E-state index contributed by atoms with van der Waals surface area (Å²) >= 11 is 0. The largest absolute Gasteiger partial charge is 0.378 e. The lowest BCUT2D eigenvalue weighted by Gasteiger charge is -2.10. The maximum atomic E-state index is 2.34. The Bertz CT molecular complexity index is 225. The normalized spacial score (nSPS) is 17.5. The van der Waals surface area contributed by atoms with Crippen LogP contribution in [0.2, 0.25) is 0 Å². The second-order valence-electron chi connectivity index (χ2n) is 4.18. The molecule has 0 amide bonds. The Morgan fingerprint density at radius 2 is 2.14 bits per heavy atom. The van der Waals surface area contributed by atoms with Gasteiger partial charge in [0, 0.05) is 19.3 Å². The molecule has 1 heteroatoms. The van der Waals surface area contributed by atoms with E-state index in [4.69, 9.17) is 0 Å². The van der Waals surface area contributed by atoms with E-state index in [9.17, 15) is 0 Å². The van der Waals surface area contributed by atoms with Crippen molar-refractivity contribution in [1.29, 1.82) is 0 Å². The summed E-state index contributed by atoms with van der Waals surface area (Å²) in [5.41, 5.74) is 2.99. The summed E-state index contributed by atoms with van der Waals surface area (Å²) in [6, 6.07) is 0. The van der Waals surface area contributed by atoms with Crippen LogP contribution >= 0.6 is 0 Å². The van der Waals surface area contributed by atoms with E-state index in [-0.39, 0.29) is 0 Å². The van der Waals surface area contributed by atoms with Crippen LogP contribution in [0, 0.1) is 0 Å². The van der Waals surface area contributed by atoms with Crippen molar-refractivity contribution < 1.29 is 0 Å². The van der Waals surface area contributed by atoms with Crippen molar-refractivity contribution in [2.45, 2.75) is 46.0 Å². The number of hydrogen-bond donors (Lipinski definition) is 0. The first-order valence-electron chi connectivity index (χ1n) is 5.83. The standard InChI is InChI=1S/C13H23N/c1-4-5-6-7-8-9-13-10-11-14(3)12(13)2/h8-9H,4-7,10-11H2,1-3H3/b9-8-. The lowest BCUT2D eigenvalue weighted by atomic mass is 10.1. The first-order chi connectivity index (χ1) is 6.75. The van der Waals surface area contributed by atoms with Gasteiger partial charge >= 0.3 is 0 Å². The minimum atomic E-state index is 1.19. The minimum Gasteiger partial charge on any atom is -0.378 e. The average Bonchev–Trinajstić information content (AvgIpc) is 2.49. The fourth-order valence-electron chi connectivity index (χ4n) is 1.82. The van der Waals surface area contributed by atoms with E-state index in [1.807, 2.05) is 0 Å². The van der Waals surface area contributed by atoms with Gasteiger partial charge in [-0.05, 0) is 31.8 Å². The minimum absolute atomic E-state index is 1.19. The van der Waals surface area contributed by atoms with E-state index in [0.29, 0.717) is 0 Å². The van der Waals surface area contributed by atoms with E-state index in [0.717, 1.165) is 0 Å². The number of hydrogen-bond acceptors (Lipinski definition) is 1. The van der Waals surface area contributed by atoms with Gasteiger partial charge in [0.25, 0.3) is 0 Å². The lowest BCUT2D eigenvalue weighted by molar-refractivity contribution is 0.460. The van der Waals surface area contributed by atoms with Crippen molar-refractivity contribution in [3.05, 3.63) is 23.4 Å².